The summed E-state index contributed by atoms with van der Waals surface area (Å²) < 4.78 is 0. The van der Waals surface area contributed by atoms with Crippen LogP contribution in [0.25, 0.3) is 0 Å². The van der Waals surface area contributed by atoms with Crippen molar-refractivity contribution in [1.29, 1.82) is 0 Å². The van der Waals surface area contributed by atoms with E-state index < -0.39 is 5.97 Å². The van der Waals surface area contributed by atoms with Gasteiger partial charge < -0.3 is 5.11 Å². The molecule has 0 heterocycles. The van der Waals surface area contributed by atoms with Gasteiger partial charge in [0.2, 0.25) is 0 Å². The second-order valence-electron chi connectivity index (χ2n) is 11.0. The summed E-state index contributed by atoms with van der Waals surface area (Å²) in [6.45, 7) is 2.16. The average Bonchev–Trinajstić information content (AvgIpc) is 3.05. The Labute approximate surface area is 283 Å². The maximum absolute atomic E-state index is 10.5. The summed E-state index contributed by atoms with van der Waals surface area (Å²) in [6, 6.07) is 0. The van der Waals surface area contributed by atoms with Crippen LogP contribution in [0.1, 0.15) is 122 Å². The van der Waals surface area contributed by atoms with Crippen molar-refractivity contribution >= 4 is 5.97 Å². The van der Waals surface area contributed by atoms with Crippen LogP contribution >= 0.6 is 0 Å². The lowest BCUT2D eigenvalue weighted by Crippen LogP contribution is -1.93. The molecule has 0 saturated carbocycles. The maximum atomic E-state index is 10.5. The smallest absolute Gasteiger partial charge is 0.303 e. The third-order valence-electron chi connectivity index (χ3n) is 6.74. The molecule has 0 fully saturated rings. The van der Waals surface area contributed by atoms with Crippen LogP contribution in [-0.2, 0) is 4.79 Å². The molecule has 1 N–H and O–H groups in total. The summed E-state index contributed by atoms with van der Waals surface area (Å²) in [4.78, 5) is 10.5. The highest BCUT2D eigenvalue weighted by Gasteiger charge is 1.95. The number of allylic oxidation sites excluding steroid dienone is 24. The van der Waals surface area contributed by atoms with Gasteiger partial charge in [0.05, 0.1) is 0 Å². The summed E-state index contributed by atoms with van der Waals surface area (Å²) in [5.74, 6) is -0.686. The summed E-state index contributed by atoms with van der Waals surface area (Å²) in [5.41, 5.74) is 0. The minimum absolute atomic E-state index is 0.300. The van der Waals surface area contributed by atoms with Gasteiger partial charge in [-0.3, -0.25) is 4.79 Å². The molecular weight excluding hydrogens is 560 g/mol. The van der Waals surface area contributed by atoms with E-state index in [9.17, 15) is 4.79 Å². The SMILES string of the molecule is CC/C=C\C/C=C\C/C=C\C/C=C\C/C=C\C/C=C\C/C=C\C/C=C\C/C=C\C/C=C\C/C=C\C/C=C\CCCCCCC(=O)O. The molecule has 0 aromatic heterocycles. The Morgan fingerprint density at radius 3 is 0.848 bits per heavy atom. The van der Waals surface area contributed by atoms with Crippen molar-refractivity contribution < 1.29 is 9.90 Å². The number of unbranched alkanes of at least 4 members (excludes halogenated alkanes) is 4. The number of rotatable bonds is 30. The highest BCUT2D eigenvalue weighted by Crippen LogP contribution is 2.06. The van der Waals surface area contributed by atoms with E-state index in [-0.39, 0.29) is 0 Å². The van der Waals surface area contributed by atoms with Gasteiger partial charge in [0.25, 0.3) is 0 Å². The van der Waals surface area contributed by atoms with Gasteiger partial charge in [0.15, 0.2) is 0 Å². The summed E-state index contributed by atoms with van der Waals surface area (Å²) in [5, 5.41) is 8.62. The monoisotopic (exact) mass is 624 g/mol. The number of hydrogen-bond acceptors (Lipinski definition) is 1. The topological polar surface area (TPSA) is 37.3 Å². The first-order valence-electron chi connectivity index (χ1n) is 17.8. The quantitative estimate of drug-likeness (QED) is 0.0637. The van der Waals surface area contributed by atoms with Crippen LogP contribution in [0.3, 0.4) is 0 Å². The maximum Gasteiger partial charge on any atom is 0.303 e. The second-order valence-corrected chi connectivity index (χ2v) is 11.0. The van der Waals surface area contributed by atoms with Gasteiger partial charge in [-0.05, 0) is 96.3 Å². The van der Waals surface area contributed by atoms with E-state index in [2.05, 4.69) is 153 Å². The molecule has 0 amide bonds. The molecule has 2 nitrogen and oxygen atoms in total. The van der Waals surface area contributed by atoms with Crippen molar-refractivity contribution in [2.45, 2.75) is 122 Å². The van der Waals surface area contributed by atoms with E-state index in [1.165, 1.54) is 0 Å². The van der Waals surface area contributed by atoms with Crippen LogP contribution in [-0.4, -0.2) is 11.1 Å². The Balaban J connectivity index is 3.60. The van der Waals surface area contributed by atoms with E-state index in [0.29, 0.717) is 6.42 Å². The van der Waals surface area contributed by atoms with Crippen LogP contribution in [0.4, 0.5) is 0 Å². The van der Waals surface area contributed by atoms with Crippen molar-refractivity contribution in [2.24, 2.45) is 0 Å². The van der Waals surface area contributed by atoms with Gasteiger partial charge in [-0.1, -0.05) is 166 Å². The lowest BCUT2D eigenvalue weighted by Gasteiger charge is -1.96. The van der Waals surface area contributed by atoms with Crippen LogP contribution in [0.5, 0.6) is 0 Å². The van der Waals surface area contributed by atoms with Crippen molar-refractivity contribution in [1.82, 2.24) is 0 Å². The second kappa shape index (κ2) is 39.4. The molecule has 46 heavy (non-hydrogen) atoms. The van der Waals surface area contributed by atoms with Gasteiger partial charge in [-0.25, -0.2) is 0 Å². The zero-order valence-corrected chi connectivity index (χ0v) is 28.9. The van der Waals surface area contributed by atoms with Gasteiger partial charge in [-0.15, -0.1) is 0 Å². The molecule has 0 aromatic carbocycles. The fourth-order valence-electron chi connectivity index (χ4n) is 4.16. The molecular formula is C44H64O2. The zero-order chi connectivity index (χ0) is 33.3. The van der Waals surface area contributed by atoms with Gasteiger partial charge >= 0.3 is 5.97 Å². The molecule has 0 spiro atoms. The molecule has 0 rings (SSSR count). The fraction of sp³-hybridized carbons (Fsp3) is 0.432. The Kier molecular flexibility index (Phi) is 36.2. The molecule has 0 saturated heterocycles. The highest BCUT2D eigenvalue weighted by atomic mass is 16.4. The van der Waals surface area contributed by atoms with E-state index >= 15 is 0 Å². The standard InChI is InChI=1S/C44H64O2/c1-2-3-4-5-6-7-8-9-10-11-12-13-14-15-16-17-18-19-20-21-22-23-24-25-26-27-28-29-30-31-32-33-34-35-36-37-38-39-40-41-42-43-44(45)46/h3-4,6-7,9-10,12-13,15-16,18-19,21-22,24-25,27-28,30-31,33-34,36-37H,2,5,8,11,14,17,20,23,26,29,32,35,38-43H2,1H3,(H,45,46)/b4-3-,7-6-,10-9-,13-12-,16-15-,19-18-,22-21-,25-24-,28-27-,31-30-,34-33-,37-36-. The van der Waals surface area contributed by atoms with Crippen LogP contribution in [0, 0.1) is 0 Å². The van der Waals surface area contributed by atoms with Crippen molar-refractivity contribution in [3.63, 3.8) is 0 Å². The molecule has 0 unspecified atom stereocenters. The Hall–Kier alpha value is -3.65. The Bertz CT molecular complexity index is 1030. The minimum Gasteiger partial charge on any atom is -0.481 e. The van der Waals surface area contributed by atoms with Gasteiger partial charge in [0, 0.05) is 6.42 Å². The molecule has 0 aliphatic rings. The molecule has 0 aliphatic heterocycles. The molecule has 0 aromatic rings. The third-order valence-corrected chi connectivity index (χ3v) is 6.74. The molecule has 2 heteroatoms. The number of carbonyl (C=O) groups is 1. The molecule has 0 radical (unpaired) electrons. The number of aliphatic carboxylic acids is 1. The normalized spacial score (nSPS) is 13.6. The average molecular weight is 625 g/mol. The summed E-state index contributed by atoms with van der Waals surface area (Å²) in [6.07, 6.45) is 71.1. The largest absolute Gasteiger partial charge is 0.481 e. The third kappa shape index (κ3) is 40.4. The number of hydrogen-bond donors (Lipinski definition) is 1. The van der Waals surface area contributed by atoms with E-state index in [1.807, 2.05) is 0 Å². The predicted octanol–water partition coefficient (Wildman–Crippen LogP) is 13.8. The lowest BCUT2D eigenvalue weighted by molar-refractivity contribution is -0.137. The van der Waals surface area contributed by atoms with Crippen molar-refractivity contribution in [3.05, 3.63) is 146 Å². The van der Waals surface area contributed by atoms with Crippen molar-refractivity contribution in [2.75, 3.05) is 0 Å². The van der Waals surface area contributed by atoms with E-state index in [0.717, 1.165) is 109 Å². The highest BCUT2D eigenvalue weighted by molar-refractivity contribution is 5.66. The van der Waals surface area contributed by atoms with Crippen LogP contribution in [0.2, 0.25) is 0 Å². The summed E-state index contributed by atoms with van der Waals surface area (Å²) in [7, 11) is 0. The first-order chi connectivity index (χ1) is 22.8. The fourth-order valence-corrected chi connectivity index (χ4v) is 4.16. The summed E-state index contributed by atoms with van der Waals surface area (Å²) >= 11 is 0. The number of carboxylic acid groups (broad SMARTS) is 1. The van der Waals surface area contributed by atoms with Crippen molar-refractivity contribution in [3.8, 4) is 0 Å². The molecule has 252 valence electrons. The molecule has 0 atom stereocenters. The van der Waals surface area contributed by atoms with Gasteiger partial charge in [-0.2, -0.15) is 0 Å². The first-order valence-corrected chi connectivity index (χ1v) is 17.8. The van der Waals surface area contributed by atoms with Crippen LogP contribution in [0.15, 0.2) is 146 Å². The Morgan fingerprint density at radius 2 is 0.587 bits per heavy atom. The molecule has 0 aliphatic carbocycles. The zero-order valence-electron chi connectivity index (χ0n) is 28.9. The van der Waals surface area contributed by atoms with Gasteiger partial charge in [0.1, 0.15) is 0 Å². The lowest BCUT2D eigenvalue weighted by atomic mass is 10.1. The number of carboxylic acids is 1. The van der Waals surface area contributed by atoms with E-state index in [1.54, 1.807) is 0 Å². The Morgan fingerprint density at radius 1 is 0.348 bits per heavy atom. The predicted molar refractivity (Wildman–Crippen MR) is 206 cm³/mol. The minimum atomic E-state index is -0.686. The first kappa shape index (κ1) is 42.3. The van der Waals surface area contributed by atoms with E-state index in [4.69, 9.17) is 5.11 Å². The molecule has 0 bridgehead atoms. The van der Waals surface area contributed by atoms with Crippen LogP contribution < -0.4 is 0 Å².